The molecule has 1 aromatic heterocycles. The van der Waals surface area contributed by atoms with Crippen LogP contribution in [0.1, 0.15) is 10.4 Å². The molecule has 3 aromatic rings. The molecule has 0 aliphatic carbocycles. The van der Waals surface area contributed by atoms with E-state index in [0.717, 1.165) is 0 Å². The van der Waals surface area contributed by atoms with Crippen molar-refractivity contribution in [1.82, 2.24) is 4.98 Å². The number of hydrogen-bond donors (Lipinski definition) is 1. The zero-order valence-electron chi connectivity index (χ0n) is 12.7. The van der Waals surface area contributed by atoms with E-state index in [0.29, 0.717) is 33.7 Å². The van der Waals surface area contributed by atoms with Gasteiger partial charge in [0.1, 0.15) is 11.5 Å². The highest BCUT2D eigenvalue weighted by Crippen LogP contribution is 2.38. The zero-order chi connectivity index (χ0) is 16.4. The molecule has 5 nitrogen and oxygen atoms in total. The second-order valence-electron chi connectivity index (χ2n) is 4.91. The molecule has 0 saturated heterocycles. The van der Waals surface area contributed by atoms with Crippen molar-refractivity contribution in [2.24, 2.45) is 0 Å². The number of para-hydroxylation sites is 1. The SMILES string of the molecule is COc1cccc(OC)c1-c1cc(C(=O)O)c2ccccc2n1. The van der Waals surface area contributed by atoms with Crippen LogP contribution in [0.5, 0.6) is 11.5 Å². The summed E-state index contributed by atoms with van der Waals surface area (Å²) in [6.07, 6.45) is 0. The average molecular weight is 309 g/mol. The molecule has 5 heteroatoms. The van der Waals surface area contributed by atoms with Gasteiger partial charge >= 0.3 is 5.97 Å². The zero-order valence-corrected chi connectivity index (χ0v) is 12.7. The number of carboxylic acids is 1. The van der Waals surface area contributed by atoms with Crippen molar-refractivity contribution in [3.8, 4) is 22.8 Å². The Balaban J connectivity index is 2.36. The summed E-state index contributed by atoms with van der Waals surface area (Å²) in [6.45, 7) is 0. The minimum Gasteiger partial charge on any atom is -0.496 e. The number of benzene rings is 2. The van der Waals surface area contributed by atoms with Crippen LogP contribution in [-0.4, -0.2) is 30.3 Å². The lowest BCUT2D eigenvalue weighted by atomic mass is 10.0. The molecule has 0 aliphatic rings. The van der Waals surface area contributed by atoms with Crippen LogP contribution < -0.4 is 9.47 Å². The molecule has 0 fully saturated rings. The third-order valence-electron chi connectivity index (χ3n) is 3.63. The molecule has 0 saturated carbocycles. The first kappa shape index (κ1) is 14.8. The number of pyridine rings is 1. The fraction of sp³-hybridized carbons (Fsp3) is 0.111. The van der Waals surface area contributed by atoms with Gasteiger partial charge in [-0.2, -0.15) is 0 Å². The van der Waals surface area contributed by atoms with Gasteiger partial charge in [0.05, 0.1) is 36.6 Å². The van der Waals surface area contributed by atoms with Crippen molar-refractivity contribution in [2.45, 2.75) is 0 Å². The van der Waals surface area contributed by atoms with Crippen LogP contribution in [0.3, 0.4) is 0 Å². The summed E-state index contributed by atoms with van der Waals surface area (Å²) in [5.41, 5.74) is 1.93. The van der Waals surface area contributed by atoms with Crippen molar-refractivity contribution in [3.63, 3.8) is 0 Å². The fourth-order valence-electron chi connectivity index (χ4n) is 2.58. The molecule has 0 bridgehead atoms. The van der Waals surface area contributed by atoms with Crippen LogP contribution in [-0.2, 0) is 0 Å². The van der Waals surface area contributed by atoms with E-state index in [4.69, 9.17) is 9.47 Å². The Kier molecular flexibility index (Phi) is 3.85. The maximum absolute atomic E-state index is 11.6. The molecular formula is C18H15NO4. The molecule has 3 rings (SSSR count). The molecule has 0 amide bonds. The quantitative estimate of drug-likeness (QED) is 0.797. The number of methoxy groups -OCH3 is 2. The Morgan fingerprint density at radius 2 is 1.65 bits per heavy atom. The summed E-state index contributed by atoms with van der Waals surface area (Å²) < 4.78 is 10.8. The minimum absolute atomic E-state index is 0.193. The van der Waals surface area contributed by atoms with Crippen LogP contribution in [0.25, 0.3) is 22.2 Å². The first-order valence-electron chi connectivity index (χ1n) is 7.00. The highest BCUT2D eigenvalue weighted by Gasteiger charge is 2.18. The summed E-state index contributed by atoms with van der Waals surface area (Å²) in [4.78, 5) is 16.2. The second-order valence-corrected chi connectivity index (χ2v) is 4.91. The van der Waals surface area contributed by atoms with Crippen LogP contribution in [0.4, 0.5) is 0 Å². The standard InChI is InChI=1S/C18H15NO4/c1-22-15-8-5-9-16(23-2)17(15)14-10-12(18(20)21)11-6-3-4-7-13(11)19-14/h3-10H,1-2H3,(H,20,21). The molecule has 0 aliphatic heterocycles. The molecule has 2 aromatic carbocycles. The van der Waals surface area contributed by atoms with E-state index in [1.54, 1.807) is 56.7 Å². The van der Waals surface area contributed by atoms with Crippen LogP contribution in [0.15, 0.2) is 48.5 Å². The number of carboxylic acid groups (broad SMARTS) is 1. The molecule has 0 spiro atoms. The van der Waals surface area contributed by atoms with Crippen molar-refractivity contribution in [1.29, 1.82) is 0 Å². The summed E-state index contributed by atoms with van der Waals surface area (Å²) in [5, 5.41) is 10.1. The van der Waals surface area contributed by atoms with E-state index in [-0.39, 0.29) is 5.56 Å². The van der Waals surface area contributed by atoms with E-state index in [9.17, 15) is 9.90 Å². The number of fused-ring (bicyclic) bond motifs is 1. The van der Waals surface area contributed by atoms with Crippen LogP contribution in [0, 0.1) is 0 Å². The lowest BCUT2D eigenvalue weighted by Crippen LogP contribution is -2.01. The number of ether oxygens (including phenoxy) is 2. The predicted octanol–water partition coefficient (Wildman–Crippen LogP) is 3.62. The van der Waals surface area contributed by atoms with Crippen molar-refractivity contribution in [3.05, 3.63) is 54.1 Å². The normalized spacial score (nSPS) is 10.5. The van der Waals surface area contributed by atoms with Crippen LogP contribution in [0.2, 0.25) is 0 Å². The van der Waals surface area contributed by atoms with Gasteiger partial charge in [0.25, 0.3) is 0 Å². The summed E-state index contributed by atoms with van der Waals surface area (Å²) in [5.74, 6) is 0.144. The maximum Gasteiger partial charge on any atom is 0.336 e. The molecule has 0 unspecified atom stereocenters. The third kappa shape index (κ3) is 2.57. The van der Waals surface area contributed by atoms with Crippen molar-refractivity contribution in [2.75, 3.05) is 14.2 Å². The third-order valence-corrected chi connectivity index (χ3v) is 3.63. The molecule has 1 N–H and O–H groups in total. The minimum atomic E-state index is -1.00. The lowest BCUT2D eigenvalue weighted by Gasteiger charge is -2.14. The van der Waals surface area contributed by atoms with Crippen LogP contribution >= 0.6 is 0 Å². The Hall–Kier alpha value is -3.08. The van der Waals surface area contributed by atoms with Gasteiger partial charge in [0, 0.05) is 5.39 Å². The highest BCUT2D eigenvalue weighted by atomic mass is 16.5. The number of carbonyl (C=O) groups is 1. The lowest BCUT2D eigenvalue weighted by molar-refractivity contribution is 0.0699. The van der Waals surface area contributed by atoms with Gasteiger partial charge in [0.15, 0.2) is 0 Å². The highest BCUT2D eigenvalue weighted by molar-refractivity contribution is 6.04. The Morgan fingerprint density at radius 3 is 2.26 bits per heavy atom. The number of aromatic nitrogens is 1. The van der Waals surface area contributed by atoms with Gasteiger partial charge in [0.2, 0.25) is 0 Å². The van der Waals surface area contributed by atoms with Crippen molar-refractivity contribution < 1.29 is 19.4 Å². The van der Waals surface area contributed by atoms with E-state index in [1.165, 1.54) is 0 Å². The molecule has 1 heterocycles. The maximum atomic E-state index is 11.6. The van der Waals surface area contributed by atoms with E-state index < -0.39 is 5.97 Å². The average Bonchev–Trinajstić information content (AvgIpc) is 2.59. The van der Waals surface area contributed by atoms with Gasteiger partial charge in [-0.05, 0) is 24.3 Å². The van der Waals surface area contributed by atoms with Gasteiger partial charge < -0.3 is 14.6 Å². The summed E-state index contributed by atoms with van der Waals surface area (Å²) >= 11 is 0. The first-order chi connectivity index (χ1) is 11.2. The van der Waals surface area contributed by atoms with E-state index >= 15 is 0 Å². The molecule has 0 radical (unpaired) electrons. The topological polar surface area (TPSA) is 68.7 Å². The van der Waals surface area contributed by atoms with Gasteiger partial charge in [-0.3, -0.25) is 0 Å². The molecule has 23 heavy (non-hydrogen) atoms. The molecule has 0 atom stereocenters. The summed E-state index contributed by atoms with van der Waals surface area (Å²) in [6, 6.07) is 14.1. The number of nitrogens with zero attached hydrogens (tertiary/aromatic N) is 1. The Labute approximate surface area is 133 Å². The Morgan fingerprint density at radius 1 is 1.00 bits per heavy atom. The van der Waals surface area contributed by atoms with E-state index in [2.05, 4.69) is 4.98 Å². The number of aromatic carboxylic acids is 1. The monoisotopic (exact) mass is 309 g/mol. The Bertz CT molecular complexity index is 867. The molecular weight excluding hydrogens is 294 g/mol. The number of rotatable bonds is 4. The second kappa shape index (κ2) is 5.96. The predicted molar refractivity (Wildman–Crippen MR) is 87.2 cm³/mol. The van der Waals surface area contributed by atoms with Gasteiger partial charge in [-0.15, -0.1) is 0 Å². The molecule has 116 valence electrons. The largest absolute Gasteiger partial charge is 0.496 e. The fourth-order valence-corrected chi connectivity index (χ4v) is 2.58. The smallest absolute Gasteiger partial charge is 0.336 e. The first-order valence-corrected chi connectivity index (χ1v) is 7.00. The summed E-state index contributed by atoms with van der Waals surface area (Å²) in [7, 11) is 3.11. The van der Waals surface area contributed by atoms with Gasteiger partial charge in [-0.25, -0.2) is 9.78 Å². The number of hydrogen-bond acceptors (Lipinski definition) is 4. The van der Waals surface area contributed by atoms with E-state index in [1.807, 2.05) is 6.07 Å². The van der Waals surface area contributed by atoms with Gasteiger partial charge in [-0.1, -0.05) is 24.3 Å². The van der Waals surface area contributed by atoms with Crippen molar-refractivity contribution >= 4 is 16.9 Å².